The Kier molecular flexibility index (Phi) is 4.00. The summed E-state index contributed by atoms with van der Waals surface area (Å²) in [6, 6.07) is 0. The summed E-state index contributed by atoms with van der Waals surface area (Å²) in [6.45, 7) is 0. The monoisotopic (exact) mass is 251 g/mol. The Morgan fingerprint density at radius 3 is 2.69 bits per heavy atom. The van der Waals surface area contributed by atoms with Crippen LogP contribution in [0.2, 0.25) is 0 Å². The first-order valence-corrected chi connectivity index (χ1v) is 4.73. The number of rotatable bonds is 3. The van der Waals surface area contributed by atoms with Crippen LogP contribution in [0.4, 0.5) is 8.78 Å². The van der Waals surface area contributed by atoms with Crippen molar-refractivity contribution in [2.45, 2.75) is 12.3 Å². The number of aromatic amines is 1. The number of carbonyl (C=O) groups is 1. The minimum Gasteiger partial charge on any atom is -0.465 e. The fraction of sp³-hybridized carbons (Fsp3) is 0.333. The normalized spacial score (nSPS) is 10.6. The maximum atomic E-state index is 12.5. The van der Waals surface area contributed by atoms with E-state index in [4.69, 9.17) is 11.6 Å². The molecule has 1 heterocycles. The molecule has 0 spiro atoms. The topological polar surface area (TPSA) is 59.2 Å². The number of esters is 1. The molecular formula is C9H8ClF2NO3. The maximum absolute atomic E-state index is 12.5. The zero-order valence-corrected chi connectivity index (χ0v) is 8.98. The molecule has 1 rings (SSSR count). The van der Waals surface area contributed by atoms with Crippen LogP contribution in [0.3, 0.4) is 0 Å². The van der Waals surface area contributed by atoms with Crippen molar-refractivity contribution in [3.63, 3.8) is 0 Å². The molecule has 0 fully saturated rings. The van der Waals surface area contributed by atoms with Gasteiger partial charge in [0.05, 0.1) is 18.7 Å². The highest BCUT2D eigenvalue weighted by Gasteiger charge is 2.21. The second-order valence-electron chi connectivity index (χ2n) is 2.85. The first kappa shape index (κ1) is 12.6. The molecule has 1 aromatic rings. The highest BCUT2D eigenvalue weighted by molar-refractivity contribution is 6.17. The summed E-state index contributed by atoms with van der Waals surface area (Å²) in [6.07, 6.45) is -1.96. The van der Waals surface area contributed by atoms with Crippen molar-refractivity contribution in [2.24, 2.45) is 0 Å². The summed E-state index contributed by atoms with van der Waals surface area (Å²) in [5.74, 6) is -1.30. The fourth-order valence-electron chi connectivity index (χ4n) is 1.18. The lowest BCUT2D eigenvalue weighted by Gasteiger charge is -2.07. The Labute approximate surface area is 94.2 Å². The van der Waals surface area contributed by atoms with E-state index in [0.717, 1.165) is 13.3 Å². The summed E-state index contributed by atoms with van der Waals surface area (Å²) >= 11 is 5.40. The minimum absolute atomic E-state index is 0.320. The third-order valence-electron chi connectivity index (χ3n) is 1.97. The second kappa shape index (κ2) is 5.07. The van der Waals surface area contributed by atoms with Gasteiger partial charge in [-0.15, -0.1) is 11.6 Å². The molecule has 88 valence electrons. The summed E-state index contributed by atoms with van der Waals surface area (Å²) in [5.41, 5.74) is -2.08. The van der Waals surface area contributed by atoms with Gasteiger partial charge in [-0.2, -0.15) is 0 Å². The van der Waals surface area contributed by atoms with E-state index in [1.807, 2.05) is 0 Å². The van der Waals surface area contributed by atoms with Crippen LogP contribution in [0.5, 0.6) is 0 Å². The molecule has 0 saturated carbocycles. The molecule has 0 saturated heterocycles. The van der Waals surface area contributed by atoms with E-state index in [1.165, 1.54) is 0 Å². The molecule has 1 N–H and O–H groups in total. The van der Waals surface area contributed by atoms with Crippen molar-refractivity contribution in [3.05, 3.63) is 33.2 Å². The number of hydrogen-bond donors (Lipinski definition) is 1. The van der Waals surface area contributed by atoms with Crippen molar-refractivity contribution in [1.29, 1.82) is 0 Å². The average Bonchev–Trinajstić information content (AvgIpc) is 2.27. The van der Waals surface area contributed by atoms with E-state index in [1.54, 1.807) is 0 Å². The number of ether oxygens (including phenoxy) is 1. The van der Waals surface area contributed by atoms with Crippen LogP contribution in [0.25, 0.3) is 0 Å². The molecular weight excluding hydrogens is 244 g/mol. The molecule has 16 heavy (non-hydrogen) atoms. The number of alkyl halides is 3. The van der Waals surface area contributed by atoms with E-state index in [0.29, 0.717) is 0 Å². The number of pyridine rings is 1. The Morgan fingerprint density at radius 1 is 1.62 bits per heavy atom. The van der Waals surface area contributed by atoms with E-state index in [-0.39, 0.29) is 11.1 Å². The van der Waals surface area contributed by atoms with E-state index in [9.17, 15) is 18.4 Å². The molecule has 7 heteroatoms. The summed E-state index contributed by atoms with van der Waals surface area (Å²) in [7, 11) is 1.09. The van der Waals surface area contributed by atoms with Gasteiger partial charge in [0.25, 0.3) is 6.43 Å². The number of hydrogen-bond acceptors (Lipinski definition) is 3. The fourth-order valence-corrected chi connectivity index (χ4v) is 1.44. The Morgan fingerprint density at radius 2 is 2.25 bits per heavy atom. The van der Waals surface area contributed by atoms with Crippen molar-refractivity contribution in [1.82, 2.24) is 4.98 Å². The van der Waals surface area contributed by atoms with Crippen molar-refractivity contribution >= 4 is 17.6 Å². The molecule has 0 radical (unpaired) electrons. The number of methoxy groups -OCH3 is 1. The first-order chi connectivity index (χ1) is 7.52. The Hall–Kier alpha value is -1.43. The van der Waals surface area contributed by atoms with Crippen LogP contribution in [0.1, 0.15) is 28.0 Å². The lowest BCUT2D eigenvalue weighted by Crippen LogP contribution is -2.22. The molecule has 0 atom stereocenters. The first-order valence-electron chi connectivity index (χ1n) is 4.19. The predicted molar refractivity (Wildman–Crippen MR) is 52.9 cm³/mol. The standard InChI is InChI=1S/C9H8ClF2NO3/c1-16-9(15)5-3-13-6(8(11)12)4(2-10)7(5)14/h3,8H,2H2,1H3,(H,13,14). The van der Waals surface area contributed by atoms with Crippen LogP contribution in [0, 0.1) is 0 Å². The van der Waals surface area contributed by atoms with Crippen LogP contribution in [0.15, 0.2) is 11.0 Å². The zero-order chi connectivity index (χ0) is 12.3. The summed E-state index contributed by atoms with van der Waals surface area (Å²) in [4.78, 5) is 24.9. The number of nitrogens with one attached hydrogen (secondary N) is 1. The smallest absolute Gasteiger partial charge is 0.343 e. The average molecular weight is 252 g/mol. The molecule has 4 nitrogen and oxygen atoms in total. The van der Waals surface area contributed by atoms with E-state index >= 15 is 0 Å². The number of H-pyrrole nitrogens is 1. The molecule has 0 amide bonds. The third-order valence-corrected chi connectivity index (χ3v) is 2.24. The van der Waals surface area contributed by atoms with Crippen molar-refractivity contribution in [2.75, 3.05) is 7.11 Å². The number of aromatic nitrogens is 1. The molecule has 0 unspecified atom stereocenters. The van der Waals surface area contributed by atoms with E-state index < -0.39 is 29.4 Å². The highest BCUT2D eigenvalue weighted by Crippen LogP contribution is 2.19. The van der Waals surface area contributed by atoms with Crippen molar-refractivity contribution in [3.8, 4) is 0 Å². The molecule has 1 aromatic heterocycles. The Balaban J connectivity index is 3.41. The minimum atomic E-state index is -2.85. The van der Waals surface area contributed by atoms with Crippen LogP contribution in [-0.4, -0.2) is 18.1 Å². The largest absolute Gasteiger partial charge is 0.465 e. The zero-order valence-electron chi connectivity index (χ0n) is 8.22. The van der Waals surface area contributed by atoms with Gasteiger partial charge in [-0.05, 0) is 0 Å². The Bertz CT molecular complexity index is 459. The SMILES string of the molecule is COC(=O)c1c[nH]c(C(F)F)c(CCl)c1=O. The van der Waals surface area contributed by atoms with E-state index in [2.05, 4.69) is 9.72 Å². The quantitative estimate of drug-likeness (QED) is 0.659. The second-order valence-corrected chi connectivity index (χ2v) is 3.12. The highest BCUT2D eigenvalue weighted by atomic mass is 35.5. The third kappa shape index (κ3) is 2.21. The van der Waals surface area contributed by atoms with Gasteiger partial charge in [0, 0.05) is 11.8 Å². The number of carbonyl (C=O) groups excluding carboxylic acids is 1. The maximum Gasteiger partial charge on any atom is 0.343 e. The van der Waals surface area contributed by atoms with Crippen LogP contribution in [-0.2, 0) is 10.6 Å². The molecule has 0 aliphatic rings. The lowest BCUT2D eigenvalue weighted by molar-refractivity contribution is 0.0598. The summed E-state index contributed by atoms with van der Waals surface area (Å²) < 4.78 is 29.3. The molecule has 0 aliphatic heterocycles. The van der Waals surface area contributed by atoms with Gasteiger partial charge >= 0.3 is 5.97 Å². The molecule has 0 aromatic carbocycles. The summed E-state index contributed by atoms with van der Waals surface area (Å²) in [5, 5.41) is 0. The predicted octanol–water partition coefficient (Wildman–Crippen LogP) is 1.84. The van der Waals surface area contributed by atoms with Crippen molar-refractivity contribution < 1.29 is 18.3 Å². The molecule has 0 aliphatic carbocycles. The van der Waals surface area contributed by atoms with Crippen LogP contribution >= 0.6 is 11.6 Å². The lowest BCUT2D eigenvalue weighted by atomic mass is 10.1. The van der Waals surface area contributed by atoms with Gasteiger partial charge in [0.15, 0.2) is 0 Å². The van der Waals surface area contributed by atoms with Crippen LogP contribution < -0.4 is 5.43 Å². The van der Waals surface area contributed by atoms with Gasteiger partial charge in [-0.3, -0.25) is 4.79 Å². The van der Waals surface area contributed by atoms with Gasteiger partial charge in [-0.1, -0.05) is 0 Å². The van der Waals surface area contributed by atoms with Gasteiger partial charge in [-0.25, -0.2) is 13.6 Å². The molecule has 0 bridgehead atoms. The number of halogens is 3. The van der Waals surface area contributed by atoms with Gasteiger partial charge < -0.3 is 9.72 Å². The van der Waals surface area contributed by atoms with Gasteiger partial charge in [0.1, 0.15) is 5.56 Å². The van der Waals surface area contributed by atoms with Gasteiger partial charge in [0.2, 0.25) is 5.43 Å².